The summed E-state index contributed by atoms with van der Waals surface area (Å²) >= 11 is 6.14. The highest BCUT2D eigenvalue weighted by Gasteiger charge is 2.05. The van der Waals surface area contributed by atoms with Gasteiger partial charge >= 0.3 is 0 Å². The van der Waals surface area contributed by atoms with Crippen molar-refractivity contribution in [1.82, 2.24) is 4.98 Å². The maximum Gasteiger partial charge on any atom is 0.128 e. The highest BCUT2D eigenvalue weighted by atomic mass is 35.5. The van der Waals surface area contributed by atoms with Gasteiger partial charge in [0.1, 0.15) is 5.82 Å². The van der Waals surface area contributed by atoms with Crippen molar-refractivity contribution < 1.29 is 0 Å². The smallest absolute Gasteiger partial charge is 0.128 e. The van der Waals surface area contributed by atoms with Crippen molar-refractivity contribution in [2.45, 2.75) is 13.1 Å². The Morgan fingerprint density at radius 3 is 2.61 bits per heavy atom. The molecule has 0 aliphatic rings. The normalized spacial score (nSPS) is 10.4. The van der Waals surface area contributed by atoms with Gasteiger partial charge in [0.05, 0.1) is 0 Å². The summed E-state index contributed by atoms with van der Waals surface area (Å²) in [6.07, 6.45) is 1.80. The minimum atomic E-state index is 0.515. The second-order valence-electron chi connectivity index (χ2n) is 4.18. The first kappa shape index (κ1) is 12.9. The fourth-order valence-electron chi connectivity index (χ4n) is 1.73. The predicted molar refractivity (Wildman–Crippen MR) is 75.7 cm³/mol. The van der Waals surface area contributed by atoms with Crippen LogP contribution in [0.5, 0.6) is 0 Å². The van der Waals surface area contributed by atoms with Crippen LogP contribution in [-0.4, -0.2) is 12.0 Å². The Hall–Kier alpha value is -1.58. The number of pyridine rings is 1. The zero-order valence-corrected chi connectivity index (χ0v) is 11.1. The average molecular weight is 262 g/mol. The van der Waals surface area contributed by atoms with Gasteiger partial charge in [-0.05, 0) is 23.3 Å². The van der Waals surface area contributed by atoms with Crippen LogP contribution in [0.15, 0.2) is 42.6 Å². The molecular weight excluding hydrogens is 246 g/mol. The van der Waals surface area contributed by atoms with Gasteiger partial charge in [0, 0.05) is 31.4 Å². The Balaban J connectivity index is 2.11. The van der Waals surface area contributed by atoms with E-state index < -0.39 is 0 Å². The molecule has 0 aliphatic carbocycles. The van der Waals surface area contributed by atoms with Crippen LogP contribution in [0.2, 0.25) is 5.02 Å². The Morgan fingerprint density at radius 2 is 2.00 bits per heavy atom. The van der Waals surface area contributed by atoms with Crippen LogP contribution in [0.1, 0.15) is 11.1 Å². The van der Waals surface area contributed by atoms with E-state index in [0.29, 0.717) is 6.54 Å². The molecule has 0 aliphatic heterocycles. The molecule has 94 valence electrons. The van der Waals surface area contributed by atoms with Crippen LogP contribution in [-0.2, 0) is 13.1 Å². The third kappa shape index (κ3) is 3.00. The van der Waals surface area contributed by atoms with Gasteiger partial charge in [0.2, 0.25) is 0 Å². The first-order valence-corrected chi connectivity index (χ1v) is 6.18. The van der Waals surface area contributed by atoms with Crippen molar-refractivity contribution in [1.29, 1.82) is 0 Å². The van der Waals surface area contributed by atoms with E-state index in [1.54, 1.807) is 6.20 Å². The summed E-state index contributed by atoms with van der Waals surface area (Å²) in [4.78, 5) is 6.44. The average Bonchev–Trinajstić information content (AvgIpc) is 2.41. The Labute approximate surface area is 112 Å². The van der Waals surface area contributed by atoms with E-state index in [-0.39, 0.29) is 0 Å². The number of rotatable bonds is 4. The molecule has 0 spiro atoms. The molecule has 0 unspecified atom stereocenters. The molecule has 0 fully saturated rings. The first-order chi connectivity index (χ1) is 8.70. The third-order valence-corrected chi connectivity index (χ3v) is 3.17. The lowest BCUT2D eigenvalue weighted by atomic mass is 10.2. The molecule has 1 heterocycles. The molecule has 18 heavy (non-hydrogen) atoms. The Morgan fingerprint density at radius 1 is 1.22 bits per heavy atom. The number of aromatic nitrogens is 1. The van der Waals surface area contributed by atoms with Gasteiger partial charge < -0.3 is 10.6 Å². The number of nitrogens with zero attached hydrogens (tertiary/aromatic N) is 2. The van der Waals surface area contributed by atoms with Crippen molar-refractivity contribution >= 4 is 17.4 Å². The maximum absolute atomic E-state index is 6.14. The lowest BCUT2D eigenvalue weighted by molar-refractivity contribution is 0.893. The van der Waals surface area contributed by atoms with E-state index in [9.17, 15) is 0 Å². The van der Waals surface area contributed by atoms with E-state index in [0.717, 1.165) is 28.5 Å². The fraction of sp³-hybridized carbons (Fsp3) is 0.214. The molecule has 0 atom stereocenters. The molecule has 3 nitrogen and oxygen atoms in total. The van der Waals surface area contributed by atoms with Crippen molar-refractivity contribution in [3.63, 3.8) is 0 Å². The summed E-state index contributed by atoms with van der Waals surface area (Å²) in [5.74, 6) is 0.909. The van der Waals surface area contributed by atoms with Crippen LogP contribution in [0, 0.1) is 0 Å². The lowest BCUT2D eigenvalue weighted by Crippen LogP contribution is -2.18. The van der Waals surface area contributed by atoms with E-state index in [1.165, 1.54) is 0 Å². The van der Waals surface area contributed by atoms with Gasteiger partial charge in [-0.2, -0.15) is 0 Å². The second kappa shape index (κ2) is 5.85. The van der Waals surface area contributed by atoms with E-state index in [2.05, 4.69) is 9.88 Å². The summed E-state index contributed by atoms with van der Waals surface area (Å²) in [6, 6.07) is 11.8. The number of hydrogen-bond donors (Lipinski definition) is 1. The molecule has 1 aromatic carbocycles. The molecule has 4 heteroatoms. The quantitative estimate of drug-likeness (QED) is 0.920. The van der Waals surface area contributed by atoms with Crippen LogP contribution in [0.25, 0.3) is 0 Å². The molecule has 0 bridgehead atoms. The molecule has 0 saturated carbocycles. The minimum Gasteiger partial charge on any atom is -0.355 e. The highest BCUT2D eigenvalue weighted by Crippen LogP contribution is 2.19. The number of benzene rings is 1. The molecule has 0 radical (unpaired) electrons. The fourth-order valence-corrected chi connectivity index (χ4v) is 1.92. The van der Waals surface area contributed by atoms with Crippen LogP contribution in [0.3, 0.4) is 0 Å². The molecule has 2 N–H and O–H groups in total. The van der Waals surface area contributed by atoms with Crippen LogP contribution >= 0.6 is 11.6 Å². The number of halogens is 1. The van der Waals surface area contributed by atoms with Crippen molar-refractivity contribution in [3.05, 3.63) is 58.7 Å². The summed E-state index contributed by atoms with van der Waals surface area (Å²) < 4.78 is 0. The SMILES string of the molecule is CN(Cc1ccccc1Cl)c1ccc(CN)cn1. The molecule has 0 amide bonds. The van der Waals surface area contributed by atoms with Crippen LogP contribution < -0.4 is 10.6 Å². The zero-order chi connectivity index (χ0) is 13.0. The summed E-state index contributed by atoms with van der Waals surface area (Å²) in [5, 5.41) is 0.780. The van der Waals surface area contributed by atoms with Crippen molar-refractivity contribution in [2.24, 2.45) is 5.73 Å². The van der Waals surface area contributed by atoms with E-state index in [4.69, 9.17) is 17.3 Å². The Bertz CT molecular complexity index is 511. The van der Waals surface area contributed by atoms with Gasteiger partial charge in [-0.3, -0.25) is 0 Å². The van der Waals surface area contributed by atoms with Gasteiger partial charge in [-0.15, -0.1) is 0 Å². The lowest BCUT2D eigenvalue weighted by Gasteiger charge is -2.19. The highest BCUT2D eigenvalue weighted by molar-refractivity contribution is 6.31. The van der Waals surface area contributed by atoms with E-state index in [1.807, 2.05) is 43.4 Å². The van der Waals surface area contributed by atoms with Crippen molar-refractivity contribution in [3.8, 4) is 0 Å². The molecule has 1 aromatic heterocycles. The van der Waals surface area contributed by atoms with Crippen molar-refractivity contribution in [2.75, 3.05) is 11.9 Å². The number of nitrogens with two attached hydrogens (primary N) is 1. The summed E-state index contributed by atoms with van der Waals surface area (Å²) in [6.45, 7) is 1.25. The monoisotopic (exact) mass is 261 g/mol. The number of anilines is 1. The second-order valence-corrected chi connectivity index (χ2v) is 4.58. The minimum absolute atomic E-state index is 0.515. The van der Waals surface area contributed by atoms with E-state index >= 15 is 0 Å². The molecule has 2 aromatic rings. The van der Waals surface area contributed by atoms with Crippen LogP contribution in [0.4, 0.5) is 5.82 Å². The topological polar surface area (TPSA) is 42.1 Å². The summed E-state index contributed by atoms with van der Waals surface area (Å²) in [5.41, 5.74) is 7.67. The largest absolute Gasteiger partial charge is 0.355 e. The maximum atomic E-state index is 6.14. The third-order valence-electron chi connectivity index (χ3n) is 2.80. The molecular formula is C14H16ClN3. The van der Waals surface area contributed by atoms with Gasteiger partial charge in [-0.1, -0.05) is 35.9 Å². The standard InChI is InChI=1S/C14H16ClN3/c1-18(10-12-4-2-3-5-13(12)15)14-7-6-11(8-16)9-17-14/h2-7,9H,8,10,16H2,1H3. The van der Waals surface area contributed by atoms with Gasteiger partial charge in [0.15, 0.2) is 0 Å². The van der Waals surface area contributed by atoms with Gasteiger partial charge in [0.25, 0.3) is 0 Å². The summed E-state index contributed by atoms with van der Waals surface area (Å²) in [7, 11) is 1.99. The molecule has 2 rings (SSSR count). The van der Waals surface area contributed by atoms with Gasteiger partial charge in [-0.25, -0.2) is 4.98 Å². The molecule has 0 saturated heterocycles. The number of hydrogen-bond acceptors (Lipinski definition) is 3. The Kier molecular flexibility index (Phi) is 4.18. The predicted octanol–water partition coefficient (Wildman–Crippen LogP) is 2.83. The first-order valence-electron chi connectivity index (χ1n) is 5.80. The zero-order valence-electron chi connectivity index (χ0n) is 10.3.